The standard InChI is InChI=1S/C37H69NO6/c1-5-9-10-11-12-13-14-15-16-17-18-19-20-21-22-23-24-25-26-27-31-38(32(28-6-2)35(39)40,33(29-7-3)36(41)42)34(30-8-4)37(43)44/h19-20,32-34H,5-18,21-31H2,1-4H3,(H2-,39,40,41,42,43,44)/b20-19+. The van der Waals surface area contributed by atoms with Crippen LogP contribution in [0.4, 0.5) is 0 Å². The zero-order valence-electron chi connectivity index (χ0n) is 29.0. The molecule has 0 saturated carbocycles. The minimum Gasteiger partial charge on any atom is -0.544 e. The van der Waals surface area contributed by atoms with Gasteiger partial charge in [0, 0.05) is 19.3 Å². The zero-order valence-corrected chi connectivity index (χ0v) is 29.0. The number of hydrogen-bond donors (Lipinski definition) is 2. The molecule has 0 aliphatic rings. The molecule has 258 valence electrons. The Hall–Kier alpha value is -1.89. The fourth-order valence-electron chi connectivity index (χ4n) is 6.97. The summed E-state index contributed by atoms with van der Waals surface area (Å²) >= 11 is 0. The second-order valence-electron chi connectivity index (χ2n) is 13.0. The highest BCUT2D eigenvalue weighted by molar-refractivity contribution is 5.77. The van der Waals surface area contributed by atoms with Crippen molar-refractivity contribution in [3.05, 3.63) is 12.2 Å². The van der Waals surface area contributed by atoms with Gasteiger partial charge < -0.3 is 20.1 Å². The molecule has 0 aromatic carbocycles. The highest BCUT2D eigenvalue weighted by Crippen LogP contribution is 2.34. The molecule has 7 heteroatoms. The van der Waals surface area contributed by atoms with Crippen molar-refractivity contribution in [2.45, 2.75) is 200 Å². The summed E-state index contributed by atoms with van der Waals surface area (Å²) < 4.78 is -0.438. The molecule has 0 radical (unpaired) electrons. The van der Waals surface area contributed by atoms with Crippen molar-refractivity contribution in [3.63, 3.8) is 0 Å². The first kappa shape index (κ1) is 42.1. The topological polar surface area (TPSA) is 115 Å². The number of carboxylic acids is 3. The maximum atomic E-state index is 12.6. The summed E-state index contributed by atoms with van der Waals surface area (Å²) in [5.41, 5.74) is 0. The van der Waals surface area contributed by atoms with Crippen molar-refractivity contribution in [3.8, 4) is 0 Å². The van der Waals surface area contributed by atoms with Gasteiger partial charge in [-0.1, -0.05) is 123 Å². The first-order valence-corrected chi connectivity index (χ1v) is 18.4. The van der Waals surface area contributed by atoms with E-state index in [1.807, 2.05) is 20.8 Å². The molecular formula is C37H69NO6. The SMILES string of the molecule is CCCCCCCCCCCC/C=C/CCCCCCCC[N+](C(CCC)C(=O)[O-])(C(CCC)C(=O)O)C(CCC)C(=O)O. The van der Waals surface area contributed by atoms with Gasteiger partial charge in [-0.3, -0.25) is 4.48 Å². The lowest BCUT2D eigenvalue weighted by atomic mass is 9.91. The monoisotopic (exact) mass is 624 g/mol. The van der Waals surface area contributed by atoms with Crippen LogP contribution in [-0.2, 0) is 14.4 Å². The average molecular weight is 624 g/mol. The smallest absolute Gasteiger partial charge is 0.362 e. The van der Waals surface area contributed by atoms with Crippen LogP contribution in [0.3, 0.4) is 0 Å². The van der Waals surface area contributed by atoms with E-state index in [0.717, 1.165) is 38.5 Å². The summed E-state index contributed by atoms with van der Waals surface area (Å²) in [5.74, 6) is -3.56. The molecule has 0 aliphatic heterocycles. The largest absolute Gasteiger partial charge is 0.544 e. The number of carboxylic acid groups (broad SMARTS) is 3. The number of unbranched alkanes of at least 4 members (excludes halogenated alkanes) is 16. The van der Waals surface area contributed by atoms with Crippen LogP contribution >= 0.6 is 0 Å². The van der Waals surface area contributed by atoms with Gasteiger partial charge in [0.1, 0.15) is 6.04 Å². The second kappa shape index (κ2) is 27.4. The van der Waals surface area contributed by atoms with Crippen LogP contribution in [0.5, 0.6) is 0 Å². The predicted molar refractivity (Wildman–Crippen MR) is 179 cm³/mol. The lowest BCUT2D eigenvalue weighted by molar-refractivity contribution is -0.975. The summed E-state index contributed by atoms with van der Waals surface area (Å²) in [6, 6.07) is -3.34. The summed E-state index contributed by atoms with van der Waals surface area (Å²) in [6.45, 7) is 8.07. The Morgan fingerprint density at radius 1 is 0.523 bits per heavy atom. The number of aliphatic carboxylic acids is 3. The van der Waals surface area contributed by atoms with Crippen molar-refractivity contribution in [2.24, 2.45) is 0 Å². The van der Waals surface area contributed by atoms with Crippen molar-refractivity contribution in [2.75, 3.05) is 6.54 Å². The number of nitrogens with zero attached hydrogens (tertiary/aromatic N) is 1. The first-order chi connectivity index (χ1) is 21.2. The first-order valence-electron chi connectivity index (χ1n) is 18.4. The van der Waals surface area contributed by atoms with Crippen LogP contribution in [0, 0.1) is 0 Å². The van der Waals surface area contributed by atoms with Crippen molar-refractivity contribution < 1.29 is 34.2 Å². The molecule has 2 N–H and O–H groups in total. The molecule has 0 amide bonds. The lowest BCUT2D eigenvalue weighted by Crippen LogP contribution is -2.74. The molecular weight excluding hydrogens is 554 g/mol. The number of carbonyl (C=O) groups excluding carboxylic acids is 1. The van der Waals surface area contributed by atoms with Crippen LogP contribution < -0.4 is 5.11 Å². The Kier molecular flexibility index (Phi) is 26.2. The average Bonchev–Trinajstić information content (AvgIpc) is 2.98. The molecule has 0 rings (SSSR count). The molecule has 0 aliphatic carbocycles. The van der Waals surface area contributed by atoms with Crippen LogP contribution in [0.1, 0.15) is 182 Å². The van der Waals surface area contributed by atoms with Gasteiger partial charge in [-0.05, 0) is 51.4 Å². The summed E-state index contributed by atoms with van der Waals surface area (Å²) in [6.07, 6.45) is 28.6. The fraction of sp³-hybridized carbons (Fsp3) is 0.865. The second-order valence-corrected chi connectivity index (χ2v) is 13.0. The highest BCUT2D eigenvalue weighted by Gasteiger charge is 2.54. The van der Waals surface area contributed by atoms with Gasteiger partial charge in [-0.25, -0.2) is 9.59 Å². The van der Waals surface area contributed by atoms with Gasteiger partial charge >= 0.3 is 11.9 Å². The maximum Gasteiger partial charge on any atom is 0.362 e. The summed E-state index contributed by atoms with van der Waals surface area (Å²) in [4.78, 5) is 37.7. The van der Waals surface area contributed by atoms with Gasteiger partial charge in [0.05, 0.1) is 12.5 Å². The van der Waals surface area contributed by atoms with Crippen molar-refractivity contribution >= 4 is 17.9 Å². The van der Waals surface area contributed by atoms with E-state index in [0.29, 0.717) is 25.7 Å². The Labute approximate surface area is 270 Å². The van der Waals surface area contributed by atoms with Gasteiger partial charge in [0.25, 0.3) is 0 Å². The van der Waals surface area contributed by atoms with E-state index in [1.54, 1.807) is 0 Å². The Balaban J connectivity index is 4.78. The van der Waals surface area contributed by atoms with Gasteiger partial charge in [-0.2, -0.15) is 0 Å². The minimum atomic E-state index is -1.34. The molecule has 0 spiro atoms. The van der Waals surface area contributed by atoms with E-state index in [9.17, 15) is 29.7 Å². The molecule has 0 saturated heterocycles. The normalized spacial score (nSPS) is 15.2. The molecule has 44 heavy (non-hydrogen) atoms. The van der Waals surface area contributed by atoms with E-state index >= 15 is 0 Å². The maximum absolute atomic E-state index is 12.6. The quantitative estimate of drug-likeness (QED) is 0.0439. The van der Waals surface area contributed by atoms with Crippen LogP contribution in [-0.4, -0.2) is 57.3 Å². The highest BCUT2D eigenvalue weighted by atomic mass is 16.4. The van der Waals surface area contributed by atoms with Crippen LogP contribution in [0.15, 0.2) is 12.2 Å². The van der Waals surface area contributed by atoms with Gasteiger partial charge in [0.2, 0.25) is 0 Å². The van der Waals surface area contributed by atoms with Gasteiger partial charge in [-0.15, -0.1) is 0 Å². The molecule has 0 heterocycles. The zero-order chi connectivity index (χ0) is 33.1. The fourth-order valence-corrected chi connectivity index (χ4v) is 6.97. The van der Waals surface area contributed by atoms with Crippen molar-refractivity contribution in [1.82, 2.24) is 0 Å². The Morgan fingerprint density at radius 3 is 1.20 bits per heavy atom. The Morgan fingerprint density at radius 2 is 0.864 bits per heavy atom. The molecule has 0 fully saturated rings. The molecule has 0 aromatic heterocycles. The number of quaternary nitrogens is 1. The summed E-state index contributed by atoms with van der Waals surface area (Å²) in [7, 11) is 0. The number of hydrogen-bond acceptors (Lipinski definition) is 4. The van der Waals surface area contributed by atoms with Crippen molar-refractivity contribution in [1.29, 1.82) is 0 Å². The van der Waals surface area contributed by atoms with Crippen LogP contribution in [0.2, 0.25) is 0 Å². The van der Waals surface area contributed by atoms with E-state index in [1.165, 1.54) is 70.6 Å². The van der Waals surface area contributed by atoms with E-state index in [2.05, 4.69) is 19.1 Å². The van der Waals surface area contributed by atoms with E-state index in [4.69, 9.17) is 0 Å². The number of allylic oxidation sites excluding steroid dienone is 2. The van der Waals surface area contributed by atoms with E-state index in [-0.39, 0.29) is 25.8 Å². The molecule has 3 unspecified atom stereocenters. The number of carbonyl (C=O) groups is 3. The predicted octanol–water partition coefficient (Wildman–Crippen LogP) is 8.83. The van der Waals surface area contributed by atoms with E-state index < -0.39 is 40.5 Å². The molecule has 3 atom stereocenters. The van der Waals surface area contributed by atoms with Gasteiger partial charge in [0.15, 0.2) is 12.1 Å². The van der Waals surface area contributed by atoms with Crippen LogP contribution in [0.25, 0.3) is 0 Å². The third-order valence-electron chi connectivity index (χ3n) is 9.33. The molecule has 7 nitrogen and oxygen atoms in total. The third kappa shape index (κ3) is 17.0. The number of rotatable bonds is 32. The lowest BCUT2D eigenvalue weighted by Gasteiger charge is -2.52. The summed E-state index contributed by atoms with van der Waals surface area (Å²) in [5, 5.41) is 33.0. The Bertz CT molecular complexity index is 707. The molecule has 0 aromatic rings. The third-order valence-corrected chi connectivity index (χ3v) is 9.33. The molecule has 0 bridgehead atoms. The minimum absolute atomic E-state index is 0.204.